The van der Waals surface area contributed by atoms with E-state index in [1.54, 1.807) is 15.6 Å². The molecule has 1 N–H and O–H groups in total. The van der Waals surface area contributed by atoms with Gasteiger partial charge in [0.1, 0.15) is 0 Å². The number of benzene rings is 1. The van der Waals surface area contributed by atoms with E-state index >= 15 is 0 Å². The number of ether oxygens (including phenoxy) is 1. The summed E-state index contributed by atoms with van der Waals surface area (Å²) < 4.78 is 34.1. The Kier molecular flexibility index (Phi) is 7.60. The second kappa shape index (κ2) is 10.7. The zero-order valence-corrected chi connectivity index (χ0v) is 21.5. The lowest BCUT2D eigenvalue weighted by Crippen LogP contribution is -2.37. The molecule has 0 bridgehead atoms. The molecule has 36 heavy (non-hydrogen) atoms. The van der Waals surface area contributed by atoms with Crippen LogP contribution in [0.15, 0.2) is 53.7 Å². The molecule has 2 amide bonds. The molecule has 2 aromatic heterocycles. The predicted octanol–water partition coefficient (Wildman–Crippen LogP) is 3.56. The van der Waals surface area contributed by atoms with Gasteiger partial charge in [-0.2, -0.15) is 9.40 Å². The van der Waals surface area contributed by atoms with Crippen molar-refractivity contribution in [1.82, 2.24) is 18.8 Å². The quantitative estimate of drug-likeness (QED) is 0.517. The Hall–Kier alpha value is -3.44. The maximum absolute atomic E-state index is 13.2. The van der Waals surface area contributed by atoms with E-state index in [9.17, 15) is 18.0 Å². The van der Waals surface area contributed by atoms with E-state index in [-0.39, 0.29) is 16.7 Å². The molecule has 0 atom stereocenters. The van der Waals surface area contributed by atoms with E-state index in [0.717, 1.165) is 11.1 Å². The highest BCUT2D eigenvalue weighted by Crippen LogP contribution is 2.32. The van der Waals surface area contributed by atoms with E-state index in [0.29, 0.717) is 50.3 Å². The van der Waals surface area contributed by atoms with Crippen molar-refractivity contribution >= 4 is 33.2 Å². The predicted molar refractivity (Wildman–Crippen MR) is 136 cm³/mol. The van der Waals surface area contributed by atoms with Gasteiger partial charge in [0.15, 0.2) is 0 Å². The highest BCUT2D eigenvalue weighted by molar-refractivity contribution is 7.89. The Morgan fingerprint density at radius 3 is 2.39 bits per heavy atom. The van der Waals surface area contributed by atoms with E-state index < -0.39 is 16.1 Å². The largest absolute Gasteiger partial charge is 0.453 e. The molecule has 0 spiro atoms. The second-order valence-corrected chi connectivity index (χ2v) is 10.6. The minimum atomic E-state index is -3.65. The number of hydrogen-bond donors (Lipinski definition) is 1. The number of aromatic nitrogens is 2. The zero-order valence-electron chi connectivity index (χ0n) is 20.7. The smallest absolute Gasteiger partial charge is 0.411 e. The lowest BCUT2D eigenvalue weighted by atomic mass is 9.90. The Balaban J connectivity index is 1.46. The molecule has 1 aliphatic heterocycles. The van der Waals surface area contributed by atoms with Crippen LogP contribution in [0.3, 0.4) is 0 Å². The van der Waals surface area contributed by atoms with Gasteiger partial charge < -0.3 is 9.64 Å². The number of carbonyl (C=O) groups excluding carboxylic acids is 2. The fourth-order valence-corrected chi connectivity index (χ4v) is 6.02. The van der Waals surface area contributed by atoms with Crippen LogP contribution in [0, 0.1) is 0 Å². The van der Waals surface area contributed by atoms with Crippen molar-refractivity contribution in [3.63, 3.8) is 0 Å². The maximum atomic E-state index is 13.2. The van der Waals surface area contributed by atoms with Gasteiger partial charge in [-0.1, -0.05) is 0 Å². The molecule has 0 unspecified atom stereocenters. The van der Waals surface area contributed by atoms with E-state index in [4.69, 9.17) is 0 Å². The molecule has 0 aliphatic carbocycles. The molecule has 4 rings (SSSR count). The Morgan fingerprint density at radius 2 is 1.78 bits per heavy atom. The number of nitrogens with one attached hydrogen (secondary N) is 1. The molecule has 0 radical (unpaired) electrons. The van der Waals surface area contributed by atoms with Gasteiger partial charge in [0.2, 0.25) is 10.0 Å². The van der Waals surface area contributed by atoms with Crippen LogP contribution in [0.25, 0.3) is 5.52 Å². The van der Waals surface area contributed by atoms with E-state index in [1.807, 2.05) is 32.2 Å². The molecule has 10 nitrogen and oxygen atoms in total. The molecule has 1 aliphatic rings. The van der Waals surface area contributed by atoms with Crippen molar-refractivity contribution in [2.24, 2.45) is 0 Å². The standard InChI is InChI=1S/C25H31N5O5S/c1-4-28(5-2)24(31)22-17-26-30-15-12-19(16-23(22)30)18-10-13-29(14-11-18)36(33,34)21-8-6-20(7-9-21)27-25(32)35-3/h6-9,12,15-18H,4-5,10-11,13-14H2,1-3H3,(H,27,32). The van der Waals surface area contributed by atoms with Gasteiger partial charge in [0, 0.05) is 38.1 Å². The van der Waals surface area contributed by atoms with E-state index in [2.05, 4.69) is 15.2 Å². The highest BCUT2D eigenvalue weighted by Gasteiger charge is 2.30. The Bertz CT molecular complexity index is 1340. The first-order valence-corrected chi connectivity index (χ1v) is 13.4. The summed E-state index contributed by atoms with van der Waals surface area (Å²) in [4.78, 5) is 26.2. The number of amides is 2. The second-order valence-electron chi connectivity index (χ2n) is 8.64. The Labute approximate surface area is 210 Å². The first-order chi connectivity index (χ1) is 17.3. The number of nitrogens with zero attached hydrogens (tertiary/aromatic N) is 4. The first-order valence-electron chi connectivity index (χ1n) is 12.0. The summed E-state index contributed by atoms with van der Waals surface area (Å²) in [5.74, 6) is 0.139. The molecule has 1 saturated heterocycles. The summed E-state index contributed by atoms with van der Waals surface area (Å²) in [5.41, 5.74) is 2.87. The van der Waals surface area contributed by atoms with Crippen LogP contribution < -0.4 is 5.32 Å². The third-order valence-electron chi connectivity index (χ3n) is 6.68. The topological polar surface area (TPSA) is 113 Å². The zero-order chi connectivity index (χ0) is 25.9. The van der Waals surface area contributed by atoms with Crippen molar-refractivity contribution in [3.8, 4) is 0 Å². The molecular formula is C25H31N5O5S. The van der Waals surface area contributed by atoms with Crippen LogP contribution in [0.4, 0.5) is 10.5 Å². The van der Waals surface area contributed by atoms with Gasteiger partial charge in [0.05, 0.1) is 29.3 Å². The fraction of sp³-hybridized carbons (Fsp3) is 0.400. The van der Waals surface area contributed by atoms with Gasteiger partial charge in [-0.05, 0) is 74.6 Å². The summed E-state index contributed by atoms with van der Waals surface area (Å²) in [6.07, 6.45) is 4.19. The van der Waals surface area contributed by atoms with E-state index in [1.165, 1.54) is 35.7 Å². The number of anilines is 1. The number of piperidine rings is 1. The summed E-state index contributed by atoms with van der Waals surface area (Å²) in [6, 6.07) is 10.0. The van der Waals surface area contributed by atoms with Crippen LogP contribution in [0.5, 0.6) is 0 Å². The van der Waals surface area contributed by atoms with Crippen LogP contribution >= 0.6 is 0 Å². The molecule has 192 valence electrons. The van der Waals surface area contributed by atoms with Crippen molar-refractivity contribution in [2.75, 3.05) is 38.6 Å². The minimum Gasteiger partial charge on any atom is -0.453 e. The summed E-state index contributed by atoms with van der Waals surface area (Å²) in [7, 11) is -2.39. The number of fused-ring (bicyclic) bond motifs is 1. The number of hydrogen-bond acceptors (Lipinski definition) is 6. The van der Waals surface area contributed by atoms with Crippen molar-refractivity contribution in [2.45, 2.75) is 37.5 Å². The number of pyridine rings is 1. The maximum Gasteiger partial charge on any atom is 0.411 e. The Morgan fingerprint density at radius 1 is 1.11 bits per heavy atom. The molecule has 3 aromatic rings. The summed E-state index contributed by atoms with van der Waals surface area (Å²) in [6.45, 7) is 5.95. The van der Waals surface area contributed by atoms with Crippen molar-refractivity contribution in [3.05, 3.63) is 59.9 Å². The third kappa shape index (κ3) is 5.07. The van der Waals surface area contributed by atoms with Gasteiger partial charge in [-0.25, -0.2) is 17.7 Å². The first kappa shape index (κ1) is 25.6. The lowest BCUT2D eigenvalue weighted by molar-refractivity contribution is 0.0775. The van der Waals surface area contributed by atoms with Gasteiger partial charge in [0.25, 0.3) is 5.91 Å². The van der Waals surface area contributed by atoms with Crippen LogP contribution in [0.1, 0.15) is 48.5 Å². The SMILES string of the molecule is CCN(CC)C(=O)c1cnn2ccc(C3CCN(S(=O)(=O)c4ccc(NC(=O)OC)cc4)CC3)cc12. The molecule has 1 fully saturated rings. The summed E-state index contributed by atoms with van der Waals surface area (Å²) >= 11 is 0. The molecular weight excluding hydrogens is 482 g/mol. The van der Waals surface area contributed by atoms with Gasteiger partial charge >= 0.3 is 6.09 Å². The summed E-state index contributed by atoms with van der Waals surface area (Å²) in [5, 5.41) is 6.84. The van der Waals surface area contributed by atoms with Crippen LogP contribution in [0.2, 0.25) is 0 Å². The normalized spacial score (nSPS) is 15.1. The highest BCUT2D eigenvalue weighted by atomic mass is 32.2. The average molecular weight is 514 g/mol. The molecule has 11 heteroatoms. The van der Waals surface area contributed by atoms with Crippen molar-refractivity contribution in [1.29, 1.82) is 0 Å². The number of methoxy groups -OCH3 is 1. The van der Waals surface area contributed by atoms with Crippen LogP contribution in [-0.2, 0) is 14.8 Å². The van der Waals surface area contributed by atoms with Gasteiger partial charge in [-0.3, -0.25) is 10.1 Å². The monoisotopic (exact) mass is 513 g/mol. The number of carbonyl (C=O) groups is 2. The number of rotatable bonds is 7. The molecule has 0 saturated carbocycles. The molecule has 3 heterocycles. The third-order valence-corrected chi connectivity index (χ3v) is 8.59. The minimum absolute atomic E-state index is 0.0409. The molecule has 1 aromatic carbocycles. The fourth-order valence-electron chi connectivity index (χ4n) is 4.55. The average Bonchev–Trinajstić information content (AvgIpc) is 3.33. The number of sulfonamides is 1. The van der Waals surface area contributed by atoms with Gasteiger partial charge in [-0.15, -0.1) is 0 Å². The lowest BCUT2D eigenvalue weighted by Gasteiger charge is -2.31. The van der Waals surface area contributed by atoms with Crippen molar-refractivity contribution < 1.29 is 22.7 Å². The van der Waals surface area contributed by atoms with Crippen LogP contribution in [-0.4, -0.2) is 72.5 Å².